The van der Waals surface area contributed by atoms with Crippen molar-refractivity contribution in [3.05, 3.63) is 34.9 Å². The predicted molar refractivity (Wildman–Crippen MR) is 72.1 cm³/mol. The van der Waals surface area contributed by atoms with Crippen molar-refractivity contribution in [2.24, 2.45) is 0 Å². The van der Waals surface area contributed by atoms with Gasteiger partial charge in [0.1, 0.15) is 6.42 Å². The van der Waals surface area contributed by atoms with Crippen LogP contribution in [0.4, 0.5) is 0 Å². The molecule has 18 heavy (non-hydrogen) atoms. The Kier molecular flexibility index (Phi) is 4.49. The summed E-state index contributed by atoms with van der Waals surface area (Å²) < 4.78 is 0. The first-order valence-corrected chi connectivity index (χ1v) is 6.08. The van der Waals surface area contributed by atoms with Crippen LogP contribution in [0.2, 0.25) is 0 Å². The SMILES string of the molecule is Cc1ccc(CC(C)(C)NC(=O)CC#N)c(C)c1. The third-order valence-corrected chi connectivity index (χ3v) is 2.85. The van der Waals surface area contributed by atoms with Gasteiger partial charge in [-0.3, -0.25) is 4.79 Å². The number of hydrogen-bond acceptors (Lipinski definition) is 2. The summed E-state index contributed by atoms with van der Waals surface area (Å²) in [5.74, 6) is -0.215. The fourth-order valence-electron chi connectivity index (χ4n) is 2.06. The largest absolute Gasteiger partial charge is 0.350 e. The highest BCUT2D eigenvalue weighted by atomic mass is 16.1. The van der Waals surface area contributed by atoms with Crippen LogP contribution in [0.1, 0.15) is 37.0 Å². The normalized spacial score (nSPS) is 10.8. The van der Waals surface area contributed by atoms with E-state index in [2.05, 4.69) is 37.4 Å². The number of rotatable bonds is 4. The van der Waals surface area contributed by atoms with E-state index in [1.165, 1.54) is 16.7 Å². The molecule has 0 aliphatic rings. The number of nitrogens with one attached hydrogen (secondary N) is 1. The van der Waals surface area contributed by atoms with Gasteiger partial charge in [0.15, 0.2) is 0 Å². The van der Waals surface area contributed by atoms with Crippen molar-refractivity contribution in [2.45, 2.75) is 46.1 Å². The van der Waals surface area contributed by atoms with Gasteiger partial charge in [0.2, 0.25) is 5.91 Å². The molecule has 0 aliphatic carbocycles. The van der Waals surface area contributed by atoms with Crippen LogP contribution in [0.25, 0.3) is 0 Å². The lowest BCUT2D eigenvalue weighted by Gasteiger charge is -2.27. The number of hydrogen-bond donors (Lipinski definition) is 1. The average Bonchev–Trinajstić information content (AvgIpc) is 2.21. The van der Waals surface area contributed by atoms with Gasteiger partial charge >= 0.3 is 0 Å². The lowest BCUT2D eigenvalue weighted by Crippen LogP contribution is -2.45. The number of benzene rings is 1. The maximum Gasteiger partial charge on any atom is 0.234 e. The molecule has 0 spiro atoms. The van der Waals surface area contributed by atoms with Crippen LogP contribution >= 0.6 is 0 Å². The van der Waals surface area contributed by atoms with E-state index in [0.717, 1.165) is 6.42 Å². The molecule has 0 heterocycles. The molecule has 96 valence electrons. The minimum Gasteiger partial charge on any atom is -0.350 e. The van der Waals surface area contributed by atoms with Crippen LogP contribution in [0.5, 0.6) is 0 Å². The molecule has 3 heteroatoms. The lowest BCUT2D eigenvalue weighted by atomic mass is 9.91. The minimum atomic E-state index is -0.339. The van der Waals surface area contributed by atoms with E-state index in [9.17, 15) is 4.79 Å². The summed E-state index contributed by atoms with van der Waals surface area (Å²) in [5, 5.41) is 11.4. The molecule has 1 rings (SSSR count). The molecule has 0 fully saturated rings. The Morgan fingerprint density at radius 3 is 2.61 bits per heavy atom. The van der Waals surface area contributed by atoms with Gasteiger partial charge < -0.3 is 5.32 Å². The summed E-state index contributed by atoms with van der Waals surface area (Å²) >= 11 is 0. The highest BCUT2D eigenvalue weighted by Crippen LogP contribution is 2.17. The molecule has 0 aromatic heterocycles. The summed E-state index contributed by atoms with van der Waals surface area (Å²) in [6, 6.07) is 8.18. The van der Waals surface area contributed by atoms with Crippen LogP contribution in [0.15, 0.2) is 18.2 Å². The van der Waals surface area contributed by atoms with Gasteiger partial charge in [0.05, 0.1) is 6.07 Å². The van der Waals surface area contributed by atoms with Gasteiger partial charge in [-0.1, -0.05) is 23.8 Å². The quantitative estimate of drug-likeness (QED) is 0.885. The number of carbonyl (C=O) groups is 1. The van der Waals surface area contributed by atoms with Gasteiger partial charge in [-0.2, -0.15) is 5.26 Å². The molecule has 1 aromatic carbocycles. The molecular formula is C15H20N2O. The molecule has 1 N–H and O–H groups in total. The number of nitrogens with zero attached hydrogens (tertiary/aromatic N) is 1. The third-order valence-electron chi connectivity index (χ3n) is 2.85. The van der Waals surface area contributed by atoms with Gasteiger partial charge in [0.25, 0.3) is 0 Å². The zero-order chi connectivity index (χ0) is 13.8. The Balaban J connectivity index is 2.76. The fraction of sp³-hybridized carbons (Fsp3) is 0.467. The fourth-order valence-corrected chi connectivity index (χ4v) is 2.06. The van der Waals surface area contributed by atoms with E-state index in [0.29, 0.717) is 0 Å². The Hall–Kier alpha value is -1.82. The molecule has 0 unspecified atom stereocenters. The van der Waals surface area contributed by atoms with E-state index in [4.69, 9.17) is 5.26 Å². The molecule has 0 radical (unpaired) electrons. The maximum absolute atomic E-state index is 11.5. The van der Waals surface area contributed by atoms with E-state index in [-0.39, 0.29) is 17.9 Å². The predicted octanol–water partition coefficient (Wildman–Crippen LogP) is 2.65. The highest BCUT2D eigenvalue weighted by Gasteiger charge is 2.21. The van der Waals surface area contributed by atoms with Crippen LogP contribution in [0.3, 0.4) is 0 Å². The first kappa shape index (κ1) is 14.2. The Bertz CT molecular complexity index is 484. The molecule has 0 atom stereocenters. The summed E-state index contributed by atoms with van der Waals surface area (Å²) in [5.41, 5.74) is 3.36. The van der Waals surface area contributed by atoms with Crippen molar-refractivity contribution < 1.29 is 4.79 Å². The monoisotopic (exact) mass is 244 g/mol. The van der Waals surface area contributed by atoms with Crippen molar-refractivity contribution in [3.63, 3.8) is 0 Å². The van der Waals surface area contributed by atoms with Gasteiger partial charge in [-0.25, -0.2) is 0 Å². The number of amides is 1. The van der Waals surface area contributed by atoms with Crippen LogP contribution in [0, 0.1) is 25.2 Å². The number of nitriles is 1. The van der Waals surface area contributed by atoms with Gasteiger partial charge in [0, 0.05) is 5.54 Å². The topological polar surface area (TPSA) is 52.9 Å². The van der Waals surface area contributed by atoms with Gasteiger partial charge in [-0.05, 0) is 45.2 Å². The highest BCUT2D eigenvalue weighted by molar-refractivity contribution is 5.78. The molecule has 1 aromatic rings. The molecule has 0 bridgehead atoms. The first-order valence-electron chi connectivity index (χ1n) is 6.08. The molecular weight excluding hydrogens is 224 g/mol. The second-order valence-electron chi connectivity index (χ2n) is 5.37. The van der Waals surface area contributed by atoms with Crippen molar-refractivity contribution in [2.75, 3.05) is 0 Å². The second-order valence-corrected chi connectivity index (χ2v) is 5.37. The van der Waals surface area contributed by atoms with Crippen molar-refractivity contribution in [1.82, 2.24) is 5.32 Å². The molecule has 1 amide bonds. The Labute approximate surface area is 109 Å². The minimum absolute atomic E-state index is 0.0870. The summed E-state index contributed by atoms with van der Waals surface area (Å²) in [6.45, 7) is 8.09. The standard InChI is InChI=1S/C15H20N2O/c1-11-5-6-13(12(2)9-11)10-15(3,4)17-14(18)7-8-16/h5-6,9H,7,10H2,1-4H3,(H,17,18). The van der Waals surface area contributed by atoms with E-state index < -0.39 is 0 Å². The van der Waals surface area contributed by atoms with E-state index in [1.807, 2.05) is 19.9 Å². The van der Waals surface area contributed by atoms with E-state index in [1.54, 1.807) is 0 Å². The van der Waals surface area contributed by atoms with Crippen molar-refractivity contribution in [1.29, 1.82) is 5.26 Å². The van der Waals surface area contributed by atoms with Crippen LogP contribution in [-0.4, -0.2) is 11.4 Å². The number of carbonyl (C=O) groups excluding carboxylic acids is 1. The smallest absolute Gasteiger partial charge is 0.234 e. The zero-order valence-corrected chi connectivity index (χ0v) is 11.5. The molecule has 0 saturated carbocycles. The Morgan fingerprint density at radius 2 is 2.06 bits per heavy atom. The van der Waals surface area contributed by atoms with E-state index >= 15 is 0 Å². The maximum atomic E-state index is 11.5. The van der Waals surface area contributed by atoms with Crippen molar-refractivity contribution >= 4 is 5.91 Å². The molecule has 0 saturated heterocycles. The average molecular weight is 244 g/mol. The second kappa shape index (κ2) is 5.68. The van der Waals surface area contributed by atoms with Crippen LogP contribution < -0.4 is 5.32 Å². The first-order chi connectivity index (χ1) is 8.34. The van der Waals surface area contributed by atoms with Gasteiger partial charge in [-0.15, -0.1) is 0 Å². The molecule has 3 nitrogen and oxygen atoms in total. The van der Waals surface area contributed by atoms with Crippen molar-refractivity contribution in [3.8, 4) is 6.07 Å². The zero-order valence-electron chi connectivity index (χ0n) is 11.5. The summed E-state index contributed by atoms with van der Waals surface area (Å²) in [7, 11) is 0. The summed E-state index contributed by atoms with van der Waals surface area (Å²) in [6.07, 6.45) is 0.673. The lowest BCUT2D eigenvalue weighted by molar-refractivity contribution is -0.121. The van der Waals surface area contributed by atoms with Crippen LogP contribution in [-0.2, 0) is 11.2 Å². The number of aryl methyl sites for hydroxylation is 2. The third kappa shape index (κ3) is 4.21. The Morgan fingerprint density at radius 1 is 1.39 bits per heavy atom. The summed E-state index contributed by atoms with van der Waals surface area (Å²) in [4.78, 5) is 11.5. The molecule has 0 aliphatic heterocycles.